The third-order valence-electron chi connectivity index (χ3n) is 3.78. The summed E-state index contributed by atoms with van der Waals surface area (Å²) in [6.45, 7) is 0. The molecular weight excluding hydrogens is 360 g/mol. The van der Waals surface area contributed by atoms with Gasteiger partial charge in [0.05, 0.1) is 21.6 Å². The number of sulfonamides is 1. The number of rotatable bonds is 3. The Kier molecular flexibility index (Phi) is 4.28. The Labute approximate surface area is 150 Å². The summed E-state index contributed by atoms with van der Waals surface area (Å²) in [5.41, 5.74) is 7.40. The Morgan fingerprint density at radius 2 is 1.72 bits per heavy atom. The number of aromatic nitrogens is 2. The van der Waals surface area contributed by atoms with Crippen LogP contribution in [0.5, 0.6) is 0 Å². The lowest BCUT2D eigenvalue weighted by Crippen LogP contribution is -2.12. The zero-order valence-electron chi connectivity index (χ0n) is 12.9. The number of halogens is 1. The zero-order valence-corrected chi connectivity index (χ0v) is 14.6. The van der Waals surface area contributed by atoms with Crippen LogP contribution < -0.4 is 10.5 Å². The molecule has 0 amide bonds. The van der Waals surface area contributed by atoms with E-state index in [0.717, 1.165) is 10.8 Å². The number of H-pyrrole nitrogens is 1. The molecule has 3 aromatic carbocycles. The van der Waals surface area contributed by atoms with Gasteiger partial charge in [0.1, 0.15) is 0 Å². The third-order valence-corrected chi connectivity index (χ3v) is 5.16. The van der Waals surface area contributed by atoms with Crippen LogP contribution in [0.25, 0.3) is 21.8 Å². The van der Waals surface area contributed by atoms with Crippen molar-refractivity contribution in [3.8, 4) is 0 Å². The van der Waals surface area contributed by atoms with Crippen molar-refractivity contribution in [1.29, 1.82) is 0 Å². The van der Waals surface area contributed by atoms with E-state index in [-0.39, 0.29) is 17.3 Å². The Morgan fingerprint density at radius 3 is 2.52 bits per heavy atom. The van der Waals surface area contributed by atoms with E-state index in [1.807, 2.05) is 24.3 Å². The van der Waals surface area contributed by atoms with E-state index in [4.69, 9.17) is 5.73 Å². The molecule has 128 valence electrons. The highest BCUT2D eigenvalue weighted by molar-refractivity contribution is 7.92. The minimum absolute atomic E-state index is 0. The maximum Gasteiger partial charge on any atom is 0.261 e. The third kappa shape index (κ3) is 3.24. The topological polar surface area (TPSA) is 101 Å². The summed E-state index contributed by atoms with van der Waals surface area (Å²) in [5, 5.41) is 1.86. The predicted octanol–water partition coefficient (Wildman–Crippen LogP) is 3.52. The highest BCUT2D eigenvalue weighted by atomic mass is 35.5. The van der Waals surface area contributed by atoms with Crippen molar-refractivity contribution in [2.75, 3.05) is 10.5 Å². The molecule has 6 nitrogen and oxygen atoms in total. The van der Waals surface area contributed by atoms with E-state index < -0.39 is 10.0 Å². The van der Waals surface area contributed by atoms with Crippen LogP contribution in [0.2, 0.25) is 0 Å². The molecule has 1 heterocycles. The first-order chi connectivity index (χ1) is 11.5. The minimum atomic E-state index is -3.68. The average molecular weight is 375 g/mol. The number of nitrogens with zero attached hydrogens (tertiary/aromatic N) is 1. The van der Waals surface area contributed by atoms with Crippen molar-refractivity contribution in [2.24, 2.45) is 0 Å². The van der Waals surface area contributed by atoms with E-state index >= 15 is 0 Å². The van der Waals surface area contributed by atoms with E-state index in [9.17, 15) is 8.42 Å². The molecule has 0 aliphatic heterocycles. The fraction of sp³-hybridized carbons (Fsp3) is 0. The van der Waals surface area contributed by atoms with Gasteiger partial charge in [0.2, 0.25) is 0 Å². The Balaban J connectivity index is 0.00000182. The highest BCUT2D eigenvalue weighted by Crippen LogP contribution is 2.23. The summed E-state index contributed by atoms with van der Waals surface area (Å²) < 4.78 is 27.8. The number of aromatic amines is 1. The molecule has 0 spiro atoms. The lowest BCUT2D eigenvalue weighted by Gasteiger charge is -2.09. The minimum Gasteiger partial charge on any atom is -0.369 e. The number of hydrogen-bond donors (Lipinski definition) is 3. The first-order valence-corrected chi connectivity index (χ1v) is 8.76. The van der Waals surface area contributed by atoms with Gasteiger partial charge in [-0.15, -0.1) is 12.4 Å². The lowest BCUT2D eigenvalue weighted by atomic mass is 10.1. The summed E-state index contributed by atoms with van der Waals surface area (Å²) in [4.78, 5) is 7.18. The van der Waals surface area contributed by atoms with Gasteiger partial charge in [0.25, 0.3) is 10.0 Å². The normalized spacial score (nSPS) is 11.4. The number of imidazole rings is 1. The lowest BCUT2D eigenvalue weighted by molar-refractivity contribution is 0.601. The summed E-state index contributed by atoms with van der Waals surface area (Å²) in [6, 6.07) is 17.7. The van der Waals surface area contributed by atoms with Crippen LogP contribution in [0.15, 0.2) is 65.6 Å². The van der Waals surface area contributed by atoms with E-state index in [2.05, 4.69) is 14.7 Å². The fourth-order valence-corrected chi connectivity index (χ4v) is 3.73. The van der Waals surface area contributed by atoms with Gasteiger partial charge in [-0.3, -0.25) is 4.72 Å². The Morgan fingerprint density at radius 1 is 0.960 bits per heavy atom. The van der Waals surface area contributed by atoms with Crippen LogP contribution in [-0.2, 0) is 10.0 Å². The number of nitrogens with one attached hydrogen (secondary N) is 2. The molecule has 0 aliphatic carbocycles. The molecule has 0 saturated heterocycles. The molecule has 0 bridgehead atoms. The van der Waals surface area contributed by atoms with Crippen LogP contribution in [0, 0.1) is 0 Å². The second-order valence-electron chi connectivity index (χ2n) is 5.47. The largest absolute Gasteiger partial charge is 0.369 e. The molecule has 1 aromatic heterocycles. The van der Waals surface area contributed by atoms with Gasteiger partial charge in [-0.25, -0.2) is 13.4 Å². The zero-order chi connectivity index (χ0) is 16.7. The average Bonchev–Trinajstić information content (AvgIpc) is 2.93. The molecule has 4 aromatic rings. The van der Waals surface area contributed by atoms with Gasteiger partial charge in [-0.05, 0) is 41.1 Å². The first-order valence-electron chi connectivity index (χ1n) is 7.28. The molecule has 0 radical (unpaired) electrons. The smallest absolute Gasteiger partial charge is 0.261 e. The number of nitrogens with two attached hydrogens (primary N) is 1. The van der Waals surface area contributed by atoms with Gasteiger partial charge < -0.3 is 10.7 Å². The van der Waals surface area contributed by atoms with Crippen LogP contribution >= 0.6 is 12.4 Å². The first kappa shape index (κ1) is 17.1. The van der Waals surface area contributed by atoms with Gasteiger partial charge in [-0.2, -0.15) is 0 Å². The fourth-order valence-electron chi connectivity index (χ4n) is 2.64. The molecular formula is C17H15ClN4O2S. The summed E-state index contributed by atoms with van der Waals surface area (Å²) in [7, 11) is -3.68. The number of nitrogen functional groups attached to an aromatic ring is 1. The van der Waals surface area contributed by atoms with Crippen molar-refractivity contribution in [3.63, 3.8) is 0 Å². The molecule has 0 atom stereocenters. The van der Waals surface area contributed by atoms with Crippen LogP contribution in [-0.4, -0.2) is 18.4 Å². The highest BCUT2D eigenvalue weighted by Gasteiger charge is 2.15. The van der Waals surface area contributed by atoms with Crippen molar-refractivity contribution in [3.05, 3.63) is 60.7 Å². The monoisotopic (exact) mass is 374 g/mol. The predicted molar refractivity (Wildman–Crippen MR) is 103 cm³/mol. The van der Waals surface area contributed by atoms with Gasteiger partial charge in [0, 0.05) is 0 Å². The van der Waals surface area contributed by atoms with E-state index in [1.165, 1.54) is 0 Å². The number of hydrogen-bond acceptors (Lipinski definition) is 4. The van der Waals surface area contributed by atoms with Crippen molar-refractivity contribution in [1.82, 2.24) is 9.97 Å². The van der Waals surface area contributed by atoms with Gasteiger partial charge in [-0.1, -0.05) is 30.3 Å². The summed E-state index contributed by atoms with van der Waals surface area (Å²) in [6.07, 6.45) is 0. The number of fused-ring (bicyclic) bond motifs is 2. The maximum absolute atomic E-state index is 12.6. The standard InChI is InChI=1S/C17H14N4O2S.ClH/c18-17-19-15-8-6-13(10-16(15)20-17)21-24(22,23)14-7-5-11-3-1-2-4-12(11)9-14;/h1-10,21H,(H3,18,19,20);1H. The van der Waals surface area contributed by atoms with E-state index in [1.54, 1.807) is 36.4 Å². The number of benzene rings is 3. The molecule has 4 rings (SSSR count). The number of anilines is 2. The maximum atomic E-state index is 12.6. The molecule has 0 aliphatic rings. The Bertz CT molecular complexity index is 1170. The second kappa shape index (κ2) is 6.27. The summed E-state index contributed by atoms with van der Waals surface area (Å²) >= 11 is 0. The van der Waals surface area contributed by atoms with Crippen molar-refractivity contribution >= 4 is 55.9 Å². The van der Waals surface area contributed by atoms with Crippen molar-refractivity contribution in [2.45, 2.75) is 4.90 Å². The molecule has 8 heteroatoms. The molecule has 0 fully saturated rings. The molecule has 4 N–H and O–H groups in total. The van der Waals surface area contributed by atoms with Gasteiger partial charge in [0.15, 0.2) is 5.95 Å². The van der Waals surface area contributed by atoms with Crippen LogP contribution in [0.4, 0.5) is 11.6 Å². The quantitative estimate of drug-likeness (QED) is 0.510. The van der Waals surface area contributed by atoms with Crippen LogP contribution in [0.1, 0.15) is 0 Å². The molecule has 0 saturated carbocycles. The van der Waals surface area contributed by atoms with Crippen LogP contribution in [0.3, 0.4) is 0 Å². The van der Waals surface area contributed by atoms with Gasteiger partial charge >= 0.3 is 0 Å². The Hall–Kier alpha value is -2.77. The SMILES string of the molecule is Cl.Nc1nc2ccc(NS(=O)(=O)c3ccc4ccccc4c3)cc2[nH]1. The molecule has 25 heavy (non-hydrogen) atoms. The van der Waals surface area contributed by atoms with Crippen molar-refractivity contribution < 1.29 is 8.42 Å². The van der Waals surface area contributed by atoms with E-state index in [0.29, 0.717) is 22.7 Å². The summed E-state index contributed by atoms with van der Waals surface area (Å²) in [5.74, 6) is 0.291. The molecule has 0 unspecified atom stereocenters. The second-order valence-corrected chi connectivity index (χ2v) is 7.15.